The largest absolute Gasteiger partial charge is 0.335 e. The number of imide groups is 2. The molecule has 1 N–H and O–H groups in total. The number of barbiturate groups is 1. The summed E-state index contributed by atoms with van der Waals surface area (Å²) in [6.45, 7) is 3.62. The van der Waals surface area contributed by atoms with E-state index in [1.807, 2.05) is 19.9 Å². The minimum Gasteiger partial charge on any atom is -0.276 e. The fraction of sp³-hybridized carbons (Fsp3) is 0.643. The van der Waals surface area contributed by atoms with Gasteiger partial charge in [0.15, 0.2) is 0 Å². The fourth-order valence-electron chi connectivity index (χ4n) is 2.83. The summed E-state index contributed by atoms with van der Waals surface area (Å²) in [6.07, 6.45) is 6.41. The highest BCUT2D eigenvalue weighted by Gasteiger charge is 2.52. The van der Waals surface area contributed by atoms with Gasteiger partial charge in [0.05, 0.1) is 0 Å². The molecule has 0 spiro atoms. The quantitative estimate of drug-likeness (QED) is 0.795. The number of amides is 4. The van der Waals surface area contributed by atoms with Gasteiger partial charge in [0.1, 0.15) is 5.41 Å². The molecule has 0 bridgehead atoms. The molecule has 0 radical (unpaired) electrons. The number of carbonyl (C=O) groups excluding carboxylic acids is 3. The highest BCUT2D eigenvalue weighted by Crippen LogP contribution is 2.35. The molecule has 1 aliphatic carbocycles. The van der Waals surface area contributed by atoms with Gasteiger partial charge < -0.3 is 0 Å². The first kappa shape index (κ1) is 13.8. The maximum atomic E-state index is 12.6. The van der Waals surface area contributed by atoms with Crippen LogP contribution in [0.1, 0.15) is 52.4 Å². The maximum absolute atomic E-state index is 12.6. The Balaban J connectivity index is 2.38. The minimum atomic E-state index is -1.09. The number of carbonyl (C=O) groups is 3. The summed E-state index contributed by atoms with van der Waals surface area (Å²) < 4.78 is 0. The lowest BCUT2D eigenvalue weighted by Gasteiger charge is -2.39. The number of hydrogen-bond donors (Lipinski definition) is 1. The Morgan fingerprint density at radius 3 is 2.42 bits per heavy atom. The van der Waals surface area contributed by atoms with E-state index in [-0.39, 0.29) is 5.91 Å². The Kier molecular flexibility index (Phi) is 3.73. The summed E-state index contributed by atoms with van der Waals surface area (Å²) in [5.74, 6) is -0.820. The second-order valence-corrected chi connectivity index (χ2v) is 5.13. The van der Waals surface area contributed by atoms with Crippen molar-refractivity contribution >= 4 is 17.8 Å². The Labute approximate surface area is 113 Å². The Bertz CT molecular complexity index is 450. The van der Waals surface area contributed by atoms with Gasteiger partial charge in [-0.05, 0) is 38.5 Å². The van der Waals surface area contributed by atoms with Crippen molar-refractivity contribution in [2.24, 2.45) is 5.41 Å². The molecule has 104 valence electrons. The third-order valence-electron chi connectivity index (χ3n) is 4.23. The van der Waals surface area contributed by atoms with Crippen molar-refractivity contribution in [2.75, 3.05) is 0 Å². The van der Waals surface area contributed by atoms with E-state index in [0.29, 0.717) is 12.8 Å². The monoisotopic (exact) mass is 264 g/mol. The second-order valence-electron chi connectivity index (χ2n) is 5.13. The van der Waals surface area contributed by atoms with Crippen LogP contribution in [0, 0.1) is 5.41 Å². The molecular weight excluding hydrogens is 244 g/mol. The van der Waals surface area contributed by atoms with Crippen molar-refractivity contribution in [3.8, 4) is 0 Å². The summed E-state index contributed by atoms with van der Waals surface area (Å²) in [5, 5.41) is 2.34. The molecule has 0 aromatic carbocycles. The van der Waals surface area contributed by atoms with Gasteiger partial charge in [0.25, 0.3) is 5.91 Å². The van der Waals surface area contributed by atoms with E-state index < -0.39 is 17.4 Å². The Morgan fingerprint density at radius 2 is 1.89 bits per heavy atom. The van der Waals surface area contributed by atoms with Crippen molar-refractivity contribution in [2.45, 2.75) is 52.4 Å². The maximum Gasteiger partial charge on any atom is 0.335 e. The van der Waals surface area contributed by atoms with Gasteiger partial charge in [-0.15, -0.1) is 0 Å². The molecule has 0 aromatic heterocycles. The molecule has 0 saturated carbocycles. The Hall–Kier alpha value is -1.65. The molecule has 1 saturated heterocycles. The minimum absolute atomic E-state index is 0.362. The van der Waals surface area contributed by atoms with Crippen molar-refractivity contribution in [3.63, 3.8) is 0 Å². The second kappa shape index (κ2) is 5.15. The molecule has 1 heterocycles. The molecule has 0 unspecified atom stereocenters. The predicted molar refractivity (Wildman–Crippen MR) is 70.0 cm³/mol. The summed E-state index contributed by atoms with van der Waals surface area (Å²) in [7, 11) is 0. The van der Waals surface area contributed by atoms with Crippen LogP contribution in [0.15, 0.2) is 11.8 Å². The fourth-order valence-corrected chi connectivity index (χ4v) is 2.83. The van der Waals surface area contributed by atoms with E-state index in [1.54, 1.807) is 0 Å². The van der Waals surface area contributed by atoms with Gasteiger partial charge in [-0.25, -0.2) is 9.69 Å². The van der Waals surface area contributed by atoms with Crippen LogP contribution in [-0.4, -0.2) is 22.7 Å². The van der Waals surface area contributed by atoms with Crippen molar-refractivity contribution in [1.29, 1.82) is 0 Å². The molecule has 4 amide bonds. The van der Waals surface area contributed by atoms with Crippen LogP contribution in [0.2, 0.25) is 0 Å². The van der Waals surface area contributed by atoms with E-state index in [1.165, 1.54) is 4.90 Å². The molecule has 1 aliphatic heterocycles. The van der Waals surface area contributed by atoms with Crippen LogP contribution in [0.5, 0.6) is 0 Å². The highest BCUT2D eigenvalue weighted by molar-refractivity contribution is 6.19. The van der Waals surface area contributed by atoms with Crippen LogP contribution >= 0.6 is 0 Å². The lowest BCUT2D eigenvalue weighted by atomic mass is 9.78. The lowest BCUT2D eigenvalue weighted by Crippen LogP contribution is -2.63. The number of allylic oxidation sites excluding steroid dienone is 2. The Morgan fingerprint density at radius 1 is 1.21 bits per heavy atom. The summed E-state index contributed by atoms with van der Waals surface area (Å²) >= 11 is 0. The molecule has 2 aliphatic rings. The average molecular weight is 264 g/mol. The van der Waals surface area contributed by atoms with Crippen LogP contribution in [0.25, 0.3) is 0 Å². The van der Waals surface area contributed by atoms with Gasteiger partial charge in [0.2, 0.25) is 5.91 Å². The number of nitrogens with zero attached hydrogens (tertiary/aromatic N) is 1. The third kappa shape index (κ3) is 2.07. The first-order valence-electron chi connectivity index (χ1n) is 6.95. The van der Waals surface area contributed by atoms with Crippen LogP contribution in [-0.2, 0) is 9.59 Å². The van der Waals surface area contributed by atoms with Crippen LogP contribution < -0.4 is 5.32 Å². The van der Waals surface area contributed by atoms with Gasteiger partial charge >= 0.3 is 6.03 Å². The molecule has 1 fully saturated rings. The number of rotatable bonds is 3. The zero-order valence-electron chi connectivity index (χ0n) is 11.5. The molecule has 2 rings (SSSR count). The van der Waals surface area contributed by atoms with E-state index in [0.717, 1.165) is 31.4 Å². The molecule has 0 aromatic rings. The van der Waals surface area contributed by atoms with Gasteiger partial charge in [-0.2, -0.15) is 0 Å². The molecule has 19 heavy (non-hydrogen) atoms. The zero-order chi connectivity index (χ0) is 14.0. The van der Waals surface area contributed by atoms with E-state index in [2.05, 4.69) is 5.32 Å². The summed E-state index contributed by atoms with van der Waals surface area (Å²) in [6, 6.07) is -0.597. The molecule has 5 nitrogen and oxygen atoms in total. The zero-order valence-corrected chi connectivity index (χ0v) is 11.5. The van der Waals surface area contributed by atoms with Gasteiger partial charge in [-0.1, -0.05) is 19.9 Å². The first-order valence-corrected chi connectivity index (χ1v) is 6.95. The first-order chi connectivity index (χ1) is 9.06. The average Bonchev–Trinajstić information content (AvgIpc) is 2.41. The summed E-state index contributed by atoms with van der Waals surface area (Å²) in [5.41, 5.74) is -0.348. The van der Waals surface area contributed by atoms with Gasteiger partial charge in [0, 0.05) is 5.70 Å². The summed E-state index contributed by atoms with van der Waals surface area (Å²) in [4.78, 5) is 37.8. The highest BCUT2D eigenvalue weighted by atomic mass is 16.2. The number of urea groups is 1. The van der Waals surface area contributed by atoms with E-state index in [4.69, 9.17) is 0 Å². The van der Waals surface area contributed by atoms with E-state index >= 15 is 0 Å². The van der Waals surface area contributed by atoms with Crippen molar-refractivity contribution < 1.29 is 14.4 Å². The van der Waals surface area contributed by atoms with Crippen molar-refractivity contribution in [1.82, 2.24) is 10.2 Å². The van der Waals surface area contributed by atoms with Crippen molar-refractivity contribution in [3.05, 3.63) is 11.8 Å². The topological polar surface area (TPSA) is 66.5 Å². The normalized spacial score (nSPS) is 23.2. The predicted octanol–water partition coefficient (Wildman–Crippen LogP) is 2.33. The molecule has 0 atom stereocenters. The van der Waals surface area contributed by atoms with Crippen LogP contribution in [0.4, 0.5) is 4.79 Å². The SMILES string of the molecule is CCC1(CC)C(=O)NC(=O)N(C2=CCCCC2)C1=O. The smallest absolute Gasteiger partial charge is 0.276 e. The lowest BCUT2D eigenvalue weighted by molar-refractivity contribution is -0.150. The number of nitrogens with one attached hydrogen (secondary N) is 1. The van der Waals surface area contributed by atoms with Crippen LogP contribution in [0.3, 0.4) is 0 Å². The molecule has 5 heteroatoms. The van der Waals surface area contributed by atoms with E-state index in [9.17, 15) is 14.4 Å². The third-order valence-corrected chi connectivity index (χ3v) is 4.23. The van der Waals surface area contributed by atoms with Gasteiger partial charge in [-0.3, -0.25) is 14.9 Å². The standard InChI is InChI=1S/C14H20N2O3/c1-3-14(4-2)11(17)15-13(19)16(12(14)18)10-8-6-5-7-9-10/h8H,3-7,9H2,1-2H3,(H,15,17,19). The molecular formula is C14H20N2O3. The number of hydrogen-bond acceptors (Lipinski definition) is 3.